The predicted octanol–water partition coefficient (Wildman–Crippen LogP) is 2.03. The summed E-state index contributed by atoms with van der Waals surface area (Å²) in [6, 6.07) is 2.58. The van der Waals surface area contributed by atoms with Gasteiger partial charge >= 0.3 is 0 Å². The van der Waals surface area contributed by atoms with Gasteiger partial charge in [0.25, 0.3) is 0 Å². The average Bonchev–Trinajstić information content (AvgIpc) is 2.75. The van der Waals surface area contributed by atoms with Crippen LogP contribution in [-0.4, -0.2) is 32.0 Å². The first-order chi connectivity index (χ1) is 7.85. The second kappa shape index (κ2) is 5.77. The molecule has 1 N–H and O–H groups in total. The van der Waals surface area contributed by atoms with Crippen molar-refractivity contribution in [3.8, 4) is 0 Å². The number of ether oxygens (including phenoxy) is 2. The summed E-state index contributed by atoms with van der Waals surface area (Å²) < 4.78 is 11.0. The largest absolute Gasteiger partial charge is 0.377 e. The third-order valence-corrected chi connectivity index (χ3v) is 3.78. The Hall–Kier alpha value is -0.420. The maximum atomic E-state index is 5.59. The van der Waals surface area contributed by atoms with Crippen molar-refractivity contribution in [2.75, 3.05) is 13.7 Å². The van der Waals surface area contributed by atoms with E-state index in [1.54, 1.807) is 18.4 Å². The number of hydrogen-bond donors (Lipinski definition) is 1. The fourth-order valence-electron chi connectivity index (χ4n) is 2.12. The van der Waals surface area contributed by atoms with Crippen molar-refractivity contribution in [3.05, 3.63) is 22.4 Å². The minimum absolute atomic E-state index is 0.207. The van der Waals surface area contributed by atoms with E-state index in [9.17, 15) is 0 Å². The van der Waals surface area contributed by atoms with E-state index in [1.807, 2.05) is 6.92 Å². The molecule has 1 aliphatic rings. The number of rotatable bonds is 6. The molecule has 90 valence electrons. The molecule has 1 saturated carbocycles. The van der Waals surface area contributed by atoms with Gasteiger partial charge < -0.3 is 14.8 Å². The number of hydrogen-bond acceptors (Lipinski definition) is 4. The minimum Gasteiger partial charge on any atom is -0.377 e. The number of thiophene rings is 1. The lowest BCUT2D eigenvalue weighted by Crippen LogP contribution is -2.59. The molecule has 1 aliphatic carbocycles. The zero-order valence-electron chi connectivity index (χ0n) is 9.81. The molecule has 3 nitrogen and oxygen atoms in total. The average molecular weight is 241 g/mol. The Morgan fingerprint density at radius 1 is 1.56 bits per heavy atom. The van der Waals surface area contributed by atoms with Crippen LogP contribution in [0.2, 0.25) is 0 Å². The highest BCUT2D eigenvalue weighted by atomic mass is 32.1. The van der Waals surface area contributed by atoms with Crippen molar-refractivity contribution in [2.45, 2.75) is 38.1 Å². The van der Waals surface area contributed by atoms with Crippen molar-refractivity contribution in [2.24, 2.45) is 0 Å². The van der Waals surface area contributed by atoms with Gasteiger partial charge in [0.15, 0.2) is 0 Å². The van der Waals surface area contributed by atoms with E-state index < -0.39 is 0 Å². The maximum Gasteiger partial charge on any atom is 0.0986 e. The molecule has 4 heteroatoms. The van der Waals surface area contributed by atoms with Gasteiger partial charge in [0.05, 0.1) is 12.2 Å². The highest BCUT2D eigenvalue weighted by molar-refractivity contribution is 7.07. The third kappa shape index (κ3) is 2.63. The van der Waals surface area contributed by atoms with Gasteiger partial charge in [-0.05, 0) is 35.7 Å². The Bertz CT molecular complexity index is 302. The van der Waals surface area contributed by atoms with Gasteiger partial charge in [0.1, 0.15) is 0 Å². The summed E-state index contributed by atoms with van der Waals surface area (Å²) in [6.45, 7) is 3.72. The van der Waals surface area contributed by atoms with Crippen molar-refractivity contribution >= 4 is 11.3 Å². The molecule has 1 fully saturated rings. The van der Waals surface area contributed by atoms with Crippen molar-refractivity contribution < 1.29 is 9.47 Å². The molecular formula is C12H19NO2S. The van der Waals surface area contributed by atoms with Crippen LogP contribution in [-0.2, 0) is 16.0 Å². The van der Waals surface area contributed by atoms with E-state index in [-0.39, 0.29) is 12.2 Å². The van der Waals surface area contributed by atoms with Crippen LogP contribution in [0.15, 0.2) is 16.8 Å². The lowest BCUT2D eigenvalue weighted by molar-refractivity contribution is -0.131. The maximum absolute atomic E-state index is 5.59. The van der Waals surface area contributed by atoms with Gasteiger partial charge in [-0.2, -0.15) is 11.3 Å². The molecule has 1 aromatic heterocycles. The minimum atomic E-state index is 0.207. The van der Waals surface area contributed by atoms with Gasteiger partial charge in [0, 0.05) is 26.3 Å². The summed E-state index contributed by atoms with van der Waals surface area (Å²) in [5.74, 6) is 0. The fraction of sp³-hybridized carbons (Fsp3) is 0.667. The van der Waals surface area contributed by atoms with Crippen molar-refractivity contribution in [1.29, 1.82) is 0 Å². The SMILES string of the molecule is CCOC1CC(NCc2ccsc2)C1OC. The third-order valence-electron chi connectivity index (χ3n) is 3.05. The smallest absolute Gasteiger partial charge is 0.0986 e. The Morgan fingerprint density at radius 2 is 2.44 bits per heavy atom. The normalized spacial score (nSPS) is 29.0. The first-order valence-corrected chi connectivity index (χ1v) is 6.68. The Morgan fingerprint density at radius 3 is 3.06 bits per heavy atom. The fourth-order valence-corrected chi connectivity index (χ4v) is 2.79. The predicted molar refractivity (Wildman–Crippen MR) is 65.8 cm³/mol. The zero-order chi connectivity index (χ0) is 11.4. The van der Waals surface area contributed by atoms with Crippen LogP contribution in [0.25, 0.3) is 0 Å². The summed E-state index contributed by atoms with van der Waals surface area (Å²) in [5, 5.41) is 7.79. The first-order valence-electron chi connectivity index (χ1n) is 5.74. The molecule has 1 heterocycles. The number of nitrogens with one attached hydrogen (secondary N) is 1. The zero-order valence-corrected chi connectivity index (χ0v) is 10.6. The molecule has 0 radical (unpaired) electrons. The molecule has 1 aromatic rings. The van der Waals surface area contributed by atoms with Crippen LogP contribution in [0, 0.1) is 0 Å². The molecule has 0 aromatic carbocycles. The number of methoxy groups -OCH3 is 1. The van der Waals surface area contributed by atoms with Crippen molar-refractivity contribution in [1.82, 2.24) is 5.32 Å². The summed E-state index contributed by atoms with van der Waals surface area (Å²) in [6.07, 6.45) is 1.53. The quantitative estimate of drug-likeness (QED) is 0.826. The molecule has 3 unspecified atom stereocenters. The van der Waals surface area contributed by atoms with E-state index in [0.717, 1.165) is 19.6 Å². The summed E-state index contributed by atoms with van der Waals surface area (Å²) >= 11 is 1.74. The molecule has 3 atom stereocenters. The van der Waals surface area contributed by atoms with Gasteiger partial charge in [-0.3, -0.25) is 0 Å². The summed E-state index contributed by atoms with van der Waals surface area (Å²) in [7, 11) is 1.76. The van der Waals surface area contributed by atoms with E-state index >= 15 is 0 Å². The van der Waals surface area contributed by atoms with E-state index in [0.29, 0.717) is 6.04 Å². The van der Waals surface area contributed by atoms with Crippen LogP contribution < -0.4 is 5.32 Å². The lowest BCUT2D eigenvalue weighted by Gasteiger charge is -2.43. The molecule has 2 rings (SSSR count). The first kappa shape index (κ1) is 12.0. The Balaban J connectivity index is 1.75. The van der Waals surface area contributed by atoms with Crippen LogP contribution in [0.4, 0.5) is 0 Å². The van der Waals surface area contributed by atoms with Crippen LogP contribution in [0.5, 0.6) is 0 Å². The summed E-state index contributed by atoms with van der Waals surface area (Å²) in [4.78, 5) is 0. The molecule has 16 heavy (non-hydrogen) atoms. The molecule has 0 saturated heterocycles. The second-order valence-corrected chi connectivity index (χ2v) is 4.83. The molecule has 0 amide bonds. The van der Waals surface area contributed by atoms with Crippen LogP contribution >= 0.6 is 11.3 Å². The molecule has 0 spiro atoms. The van der Waals surface area contributed by atoms with E-state index in [1.165, 1.54) is 5.56 Å². The molecular weight excluding hydrogens is 222 g/mol. The standard InChI is InChI=1S/C12H19NO2S/c1-3-15-11-6-10(12(11)14-2)13-7-9-4-5-16-8-9/h4-5,8,10-13H,3,6-7H2,1-2H3. The topological polar surface area (TPSA) is 30.5 Å². The van der Waals surface area contributed by atoms with Crippen molar-refractivity contribution in [3.63, 3.8) is 0 Å². The van der Waals surface area contributed by atoms with Crippen LogP contribution in [0.3, 0.4) is 0 Å². The molecule has 0 aliphatic heterocycles. The summed E-state index contributed by atoms with van der Waals surface area (Å²) in [5.41, 5.74) is 1.35. The lowest BCUT2D eigenvalue weighted by atomic mass is 9.85. The van der Waals surface area contributed by atoms with Gasteiger partial charge in [-0.1, -0.05) is 0 Å². The van der Waals surface area contributed by atoms with E-state index in [4.69, 9.17) is 9.47 Å². The van der Waals surface area contributed by atoms with Gasteiger partial charge in [-0.25, -0.2) is 0 Å². The highest BCUT2D eigenvalue weighted by Crippen LogP contribution is 2.27. The molecule has 0 bridgehead atoms. The van der Waals surface area contributed by atoms with Crippen LogP contribution in [0.1, 0.15) is 18.9 Å². The Labute approximate surface area is 101 Å². The highest BCUT2D eigenvalue weighted by Gasteiger charge is 2.41. The Kier molecular flexibility index (Phi) is 4.35. The van der Waals surface area contributed by atoms with Gasteiger partial charge in [-0.15, -0.1) is 0 Å². The van der Waals surface area contributed by atoms with Gasteiger partial charge in [0.2, 0.25) is 0 Å². The second-order valence-electron chi connectivity index (χ2n) is 4.05. The van der Waals surface area contributed by atoms with E-state index in [2.05, 4.69) is 22.1 Å². The monoisotopic (exact) mass is 241 g/mol.